The highest BCUT2D eigenvalue weighted by atomic mass is 19.4. The molecule has 1 N–H and O–H groups in total. The van der Waals surface area contributed by atoms with E-state index in [9.17, 15) is 18.0 Å². The smallest absolute Gasteiger partial charge is 0.379 e. The number of anilines is 1. The molecule has 5 rings (SSSR count). The number of rotatable bonds is 5. The summed E-state index contributed by atoms with van der Waals surface area (Å²) in [5.41, 5.74) is -1.16. The van der Waals surface area contributed by atoms with Crippen molar-refractivity contribution in [2.75, 3.05) is 38.3 Å². The number of aromatic nitrogens is 1. The van der Waals surface area contributed by atoms with Crippen LogP contribution < -0.4 is 10.2 Å². The van der Waals surface area contributed by atoms with Crippen LogP contribution in [0.4, 0.5) is 19.0 Å². The van der Waals surface area contributed by atoms with Crippen LogP contribution in [0.3, 0.4) is 0 Å². The first-order chi connectivity index (χ1) is 16.7. The van der Waals surface area contributed by atoms with Crippen LogP contribution in [0.25, 0.3) is 0 Å². The number of piperazine rings is 1. The van der Waals surface area contributed by atoms with Crippen LogP contribution in [-0.4, -0.2) is 79.5 Å². The zero-order valence-corrected chi connectivity index (χ0v) is 19.4. The molecule has 1 aromatic rings. The Morgan fingerprint density at radius 2 is 2.21 bits per heavy atom. The van der Waals surface area contributed by atoms with E-state index < -0.39 is 17.2 Å². The average Bonchev–Trinajstić information content (AvgIpc) is 3.54. The summed E-state index contributed by atoms with van der Waals surface area (Å²) in [4.78, 5) is 21.7. The third-order valence-corrected chi connectivity index (χ3v) is 8.09. The second kappa shape index (κ2) is 8.95. The Labute approximate surface area is 199 Å². The summed E-state index contributed by atoms with van der Waals surface area (Å²) >= 11 is 0. The largest absolute Gasteiger partial charge is 0.416 e. The van der Waals surface area contributed by atoms with Gasteiger partial charge in [-0.05, 0) is 44.2 Å². The van der Waals surface area contributed by atoms with Crippen molar-refractivity contribution in [2.24, 2.45) is 5.41 Å². The van der Waals surface area contributed by atoms with E-state index in [1.54, 1.807) is 0 Å². The van der Waals surface area contributed by atoms with Gasteiger partial charge < -0.3 is 24.6 Å². The number of likely N-dealkylation sites (tertiary alicyclic amines) is 1. The fraction of sp³-hybridized carbons (Fsp3) is 0.750. The van der Waals surface area contributed by atoms with Gasteiger partial charge in [0.25, 0.3) is 0 Å². The normalized spacial score (nSPS) is 36.2. The number of alkyl halides is 3. The fourth-order valence-corrected chi connectivity index (χ4v) is 6.24. The van der Waals surface area contributed by atoms with E-state index in [1.165, 1.54) is 6.20 Å². The quantitative estimate of drug-likeness (QED) is 0.695. The van der Waals surface area contributed by atoms with Crippen molar-refractivity contribution in [2.45, 2.75) is 75.5 Å². The number of methoxy groups -OCH3 is 1. The number of hydrogen-bond donors (Lipinski definition) is 1. The lowest BCUT2D eigenvalue weighted by Gasteiger charge is -2.39. The lowest BCUT2D eigenvalue weighted by Crippen LogP contribution is -2.53. The first-order valence-corrected chi connectivity index (χ1v) is 12.0. The molecule has 0 radical (unpaired) electrons. The van der Waals surface area contributed by atoms with Gasteiger partial charge >= 0.3 is 6.18 Å². The molecule has 2 bridgehead atoms. The predicted octanol–water partition coefficient (Wildman–Crippen LogP) is 2.84. The first-order valence-electron chi connectivity index (χ1n) is 12.7. The van der Waals surface area contributed by atoms with Crippen LogP contribution in [0.2, 0.25) is 0 Å². The number of nitrogens with zero attached hydrogens (tertiary/aromatic N) is 3. The Bertz CT molecular complexity index is 936. The number of amides is 1. The maximum atomic E-state index is 13.6. The van der Waals surface area contributed by atoms with Gasteiger partial charge in [0.05, 0.1) is 31.7 Å². The minimum Gasteiger partial charge on any atom is -0.379 e. The molecule has 6 atom stereocenters. The summed E-state index contributed by atoms with van der Waals surface area (Å²) in [5, 5.41) is 3.67. The van der Waals surface area contributed by atoms with Crippen molar-refractivity contribution in [3.05, 3.63) is 23.9 Å². The Morgan fingerprint density at radius 3 is 2.94 bits per heavy atom. The second-order valence-corrected chi connectivity index (χ2v) is 10.4. The summed E-state index contributed by atoms with van der Waals surface area (Å²) < 4.78 is 57.8. The standard InChI is InChI=1S/C24H33F3N4O3/c1-23(6-3-16(11-23)29-19-5-8-34-14-20(19)33-2)22(32)31-13-17-10-18(31)12-30(17)21-9-15(4-7-28-21)24(25,26)27/h4,7,9,16-20,29H,3,5-6,8,10-14H2,1-2H3/t16-,17+,18+,19+,20-,23+/m1/s1/i2D. The molecule has 0 unspecified atom stereocenters. The van der Waals surface area contributed by atoms with Gasteiger partial charge in [-0.3, -0.25) is 4.79 Å². The van der Waals surface area contributed by atoms with E-state index in [4.69, 9.17) is 10.8 Å². The minimum absolute atomic E-state index is 0.00185. The molecule has 4 heterocycles. The number of carbonyl (C=O) groups is 1. The van der Waals surface area contributed by atoms with Gasteiger partial charge in [-0.15, -0.1) is 0 Å². The van der Waals surface area contributed by atoms with Gasteiger partial charge in [-0.2, -0.15) is 13.2 Å². The molecule has 0 spiro atoms. The van der Waals surface area contributed by atoms with Gasteiger partial charge in [0.2, 0.25) is 5.91 Å². The number of pyridine rings is 1. The maximum absolute atomic E-state index is 13.6. The molecular weight excluding hydrogens is 449 g/mol. The van der Waals surface area contributed by atoms with Crippen molar-refractivity contribution in [1.82, 2.24) is 15.2 Å². The fourth-order valence-electron chi connectivity index (χ4n) is 6.24. The van der Waals surface area contributed by atoms with Crippen LogP contribution in [0.15, 0.2) is 18.3 Å². The summed E-state index contributed by atoms with van der Waals surface area (Å²) in [5.74, 6) is 0.480. The third-order valence-electron chi connectivity index (χ3n) is 8.09. The number of hydrogen-bond acceptors (Lipinski definition) is 6. The van der Waals surface area contributed by atoms with Gasteiger partial charge in [-0.1, -0.05) is 6.92 Å². The third kappa shape index (κ3) is 4.40. The van der Waals surface area contributed by atoms with Gasteiger partial charge in [0.15, 0.2) is 0 Å². The number of nitrogens with one attached hydrogen (secondary N) is 1. The highest BCUT2D eigenvalue weighted by Gasteiger charge is 2.52. The first kappa shape index (κ1) is 22.5. The Hall–Kier alpha value is -1.91. The van der Waals surface area contributed by atoms with Crippen molar-refractivity contribution >= 4 is 11.7 Å². The van der Waals surface area contributed by atoms with Gasteiger partial charge in [0, 0.05) is 50.5 Å². The monoisotopic (exact) mass is 483 g/mol. The molecule has 10 heteroatoms. The van der Waals surface area contributed by atoms with Crippen LogP contribution in [0.1, 0.15) is 46.0 Å². The van der Waals surface area contributed by atoms with Gasteiger partial charge in [0.1, 0.15) is 5.82 Å². The molecule has 3 saturated heterocycles. The molecule has 7 nitrogen and oxygen atoms in total. The van der Waals surface area contributed by atoms with Gasteiger partial charge in [-0.25, -0.2) is 4.98 Å². The van der Waals surface area contributed by atoms with Crippen LogP contribution >= 0.6 is 0 Å². The molecule has 0 aromatic carbocycles. The van der Waals surface area contributed by atoms with Crippen molar-refractivity contribution in [1.29, 1.82) is 0 Å². The molecule has 1 saturated carbocycles. The summed E-state index contributed by atoms with van der Waals surface area (Å²) in [7, 11) is -0.0996. The van der Waals surface area contributed by atoms with Crippen LogP contribution in [0, 0.1) is 5.41 Å². The topological polar surface area (TPSA) is 66.9 Å². The van der Waals surface area contributed by atoms with E-state index in [1.807, 2.05) is 16.7 Å². The van der Waals surface area contributed by atoms with Crippen LogP contribution in [-0.2, 0) is 20.4 Å². The molecular formula is C24H33F3N4O3. The highest BCUT2D eigenvalue weighted by Crippen LogP contribution is 2.44. The molecule has 34 heavy (non-hydrogen) atoms. The lowest BCUT2D eigenvalue weighted by atomic mass is 9.86. The molecule has 3 aliphatic heterocycles. The Kier molecular flexibility index (Phi) is 5.93. The molecule has 4 fully saturated rings. The summed E-state index contributed by atoms with van der Waals surface area (Å²) in [6, 6.07) is 2.40. The van der Waals surface area contributed by atoms with E-state index in [-0.39, 0.29) is 43.3 Å². The SMILES string of the molecule is [2H]CO[C@@H]1COCC[C@@H]1N[C@@H]1CC[C@](C)(C(=O)N2C[C@@H]3C[C@H]2CN3c2cc(C(F)(F)F)ccn2)C1. The zero-order chi connectivity index (χ0) is 24.8. The lowest BCUT2D eigenvalue weighted by molar-refractivity contribution is -0.142. The Balaban J connectivity index is 1.19. The number of ether oxygens (including phenoxy) is 2. The highest BCUT2D eigenvalue weighted by molar-refractivity contribution is 5.84. The van der Waals surface area contributed by atoms with Crippen molar-refractivity contribution in [3.63, 3.8) is 0 Å². The Morgan fingerprint density at radius 1 is 1.35 bits per heavy atom. The molecule has 1 amide bonds. The number of halogens is 3. The minimum atomic E-state index is -4.40. The zero-order valence-electron chi connectivity index (χ0n) is 20.4. The predicted molar refractivity (Wildman–Crippen MR) is 119 cm³/mol. The summed E-state index contributed by atoms with van der Waals surface area (Å²) in [6.07, 6.45) is 0.670. The van der Waals surface area contributed by atoms with Crippen molar-refractivity contribution < 1.29 is 28.8 Å². The molecule has 1 aliphatic carbocycles. The molecule has 4 aliphatic rings. The number of fused-ring (bicyclic) bond motifs is 2. The second-order valence-electron chi connectivity index (χ2n) is 10.4. The molecule has 188 valence electrons. The molecule has 1 aromatic heterocycles. The van der Waals surface area contributed by atoms with E-state index in [2.05, 4.69) is 10.3 Å². The average molecular weight is 484 g/mol. The number of carbonyl (C=O) groups excluding carboxylic acids is 1. The van der Waals surface area contributed by atoms with Crippen LogP contribution in [0.5, 0.6) is 0 Å². The van der Waals surface area contributed by atoms with E-state index >= 15 is 0 Å². The summed E-state index contributed by atoms with van der Waals surface area (Å²) in [6.45, 7) is 4.21. The van der Waals surface area contributed by atoms with E-state index in [0.717, 1.165) is 44.2 Å². The maximum Gasteiger partial charge on any atom is 0.416 e. The van der Waals surface area contributed by atoms with Crippen molar-refractivity contribution in [3.8, 4) is 0 Å². The van der Waals surface area contributed by atoms with E-state index in [0.29, 0.717) is 32.1 Å².